The van der Waals surface area contributed by atoms with Crippen LogP contribution in [0.25, 0.3) is 0 Å². The number of sulfonamides is 1. The highest BCUT2D eigenvalue weighted by Crippen LogP contribution is 2.32. The lowest BCUT2D eigenvalue weighted by Crippen LogP contribution is -2.44. The third kappa shape index (κ3) is 5.86. The Balaban J connectivity index is 1.53. The molecule has 0 aromatic heterocycles. The molecule has 1 fully saturated rings. The topological polar surface area (TPSA) is 95.6 Å². The number of benzene rings is 2. The molecule has 0 aliphatic carbocycles. The highest BCUT2D eigenvalue weighted by Gasteiger charge is 2.35. The van der Waals surface area contributed by atoms with Crippen molar-refractivity contribution in [2.75, 3.05) is 25.0 Å². The van der Waals surface area contributed by atoms with Gasteiger partial charge in [-0.3, -0.25) is 9.59 Å². The Morgan fingerprint density at radius 2 is 1.66 bits per heavy atom. The molecule has 0 radical (unpaired) electrons. The summed E-state index contributed by atoms with van der Waals surface area (Å²) in [5, 5.41) is 5.18. The van der Waals surface area contributed by atoms with E-state index in [1.807, 2.05) is 0 Å². The molecule has 7 nitrogen and oxygen atoms in total. The van der Waals surface area contributed by atoms with Gasteiger partial charge >= 0.3 is 6.18 Å². The molecule has 2 aromatic carbocycles. The Labute approximate surface area is 183 Å². The monoisotopic (exact) mass is 469 g/mol. The zero-order valence-electron chi connectivity index (χ0n) is 16.9. The van der Waals surface area contributed by atoms with Gasteiger partial charge in [-0.25, -0.2) is 8.42 Å². The number of nitrogens with one attached hydrogen (secondary N) is 2. The molecule has 2 N–H and O–H groups in total. The van der Waals surface area contributed by atoms with Crippen molar-refractivity contribution in [2.24, 2.45) is 5.92 Å². The van der Waals surface area contributed by atoms with Gasteiger partial charge in [0.2, 0.25) is 21.8 Å². The normalized spacial score (nSPS) is 15.8. The third-order valence-electron chi connectivity index (χ3n) is 5.10. The zero-order valence-corrected chi connectivity index (χ0v) is 17.7. The summed E-state index contributed by atoms with van der Waals surface area (Å²) < 4.78 is 65.3. The lowest BCUT2D eigenvalue weighted by atomic mass is 9.97. The molecule has 1 aliphatic rings. The number of alkyl halides is 3. The van der Waals surface area contributed by atoms with Crippen molar-refractivity contribution in [1.29, 1.82) is 0 Å². The Hall–Kier alpha value is -2.92. The third-order valence-corrected chi connectivity index (χ3v) is 7.00. The lowest BCUT2D eigenvalue weighted by molar-refractivity contribution is -0.137. The molecular formula is C21H22F3N3O4S. The van der Waals surface area contributed by atoms with Crippen molar-refractivity contribution in [3.8, 4) is 0 Å². The molecule has 2 amide bonds. The van der Waals surface area contributed by atoms with E-state index in [-0.39, 0.29) is 38.4 Å². The van der Waals surface area contributed by atoms with Crippen LogP contribution in [0.3, 0.4) is 0 Å². The Morgan fingerprint density at radius 3 is 2.28 bits per heavy atom. The molecule has 0 bridgehead atoms. The smallest absolute Gasteiger partial charge is 0.347 e. The van der Waals surface area contributed by atoms with E-state index in [4.69, 9.17) is 0 Å². The highest BCUT2D eigenvalue weighted by atomic mass is 32.2. The molecule has 1 saturated heterocycles. The van der Waals surface area contributed by atoms with Crippen LogP contribution in [0.15, 0.2) is 59.5 Å². The Kier molecular flexibility index (Phi) is 7.19. The van der Waals surface area contributed by atoms with Crippen LogP contribution in [-0.4, -0.2) is 44.2 Å². The van der Waals surface area contributed by atoms with Gasteiger partial charge in [0.05, 0.1) is 17.0 Å². The van der Waals surface area contributed by atoms with Crippen molar-refractivity contribution in [2.45, 2.75) is 23.9 Å². The number of amides is 2. The molecule has 0 spiro atoms. The number of para-hydroxylation sites is 1. The van der Waals surface area contributed by atoms with Gasteiger partial charge in [0.1, 0.15) is 0 Å². The summed E-state index contributed by atoms with van der Waals surface area (Å²) in [5.74, 6) is -1.26. The second kappa shape index (κ2) is 9.70. The number of carbonyl (C=O) groups excluding carboxylic acids is 2. The largest absolute Gasteiger partial charge is 0.416 e. The number of carbonyl (C=O) groups is 2. The van der Waals surface area contributed by atoms with E-state index in [9.17, 15) is 31.2 Å². The molecule has 1 heterocycles. The van der Waals surface area contributed by atoms with Crippen LogP contribution in [0.5, 0.6) is 0 Å². The fraction of sp³-hybridized carbons (Fsp3) is 0.333. The summed E-state index contributed by atoms with van der Waals surface area (Å²) >= 11 is 0. The maximum atomic E-state index is 12.9. The predicted octanol–water partition coefficient (Wildman–Crippen LogP) is 2.86. The first-order valence-corrected chi connectivity index (χ1v) is 11.3. The minimum Gasteiger partial charge on any atom is -0.347 e. The molecule has 32 heavy (non-hydrogen) atoms. The van der Waals surface area contributed by atoms with Crippen molar-refractivity contribution >= 4 is 27.5 Å². The predicted molar refractivity (Wildman–Crippen MR) is 111 cm³/mol. The molecule has 0 atom stereocenters. The minimum absolute atomic E-state index is 0.00707. The van der Waals surface area contributed by atoms with E-state index < -0.39 is 38.5 Å². The van der Waals surface area contributed by atoms with Crippen molar-refractivity contribution in [3.63, 3.8) is 0 Å². The minimum atomic E-state index is -4.65. The standard InChI is InChI=1S/C21H22F3N3O4S/c22-21(23,24)16-5-4-8-18(13-16)32(30,31)27-11-9-15(10-12-27)20(29)25-14-19(28)26-17-6-2-1-3-7-17/h1-8,13,15H,9-12,14H2,(H,25,29)(H,26,28). The number of hydrogen-bond donors (Lipinski definition) is 2. The summed E-state index contributed by atoms with van der Waals surface area (Å²) in [6, 6.07) is 12.3. The molecule has 11 heteroatoms. The summed E-state index contributed by atoms with van der Waals surface area (Å²) in [6.45, 7) is -0.240. The van der Waals surface area contributed by atoms with Crippen LogP contribution in [0.1, 0.15) is 18.4 Å². The summed E-state index contributed by atoms with van der Waals surface area (Å²) in [6.07, 6.45) is -4.25. The summed E-state index contributed by atoms with van der Waals surface area (Å²) in [7, 11) is -4.12. The first kappa shape index (κ1) is 23.7. The summed E-state index contributed by atoms with van der Waals surface area (Å²) in [4.78, 5) is 23.9. The number of rotatable bonds is 6. The van der Waals surface area contributed by atoms with E-state index in [2.05, 4.69) is 10.6 Å². The quantitative estimate of drug-likeness (QED) is 0.680. The fourth-order valence-electron chi connectivity index (χ4n) is 3.38. The van der Waals surface area contributed by atoms with E-state index in [0.717, 1.165) is 22.5 Å². The highest BCUT2D eigenvalue weighted by molar-refractivity contribution is 7.89. The lowest BCUT2D eigenvalue weighted by Gasteiger charge is -2.30. The SMILES string of the molecule is O=C(CNC(=O)C1CCN(S(=O)(=O)c2cccc(C(F)(F)F)c2)CC1)Nc1ccccc1. The van der Waals surface area contributed by atoms with E-state index >= 15 is 0 Å². The summed E-state index contributed by atoms with van der Waals surface area (Å²) in [5.41, 5.74) is -0.443. The average Bonchev–Trinajstić information content (AvgIpc) is 2.78. The molecule has 1 aliphatic heterocycles. The van der Waals surface area contributed by atoms with E-state index in [1.54, 1.807) is 30.3 Å². The van der Waals surface area contributed by atoms with Gasteiger partial charge in [0, 0.05) is 24.7 Å². The van der Waals surface area contributed by atoms with Gasteiger partial charge < -0.3 is 10.6 Å². The van der Waals surface area contributed by atoms with Gasteiger partial charge in [-0.15, -0.1) is 0 Å². The fourth-order valence-corrected chi connectivity index (χ4v) is 4.89. The van der Waals surface area contributed by atoms with Gasteiger partial charge in [-0.2, -0.15) is 17.5 Å². The van der Waals surface area contributed by atoms with Crippen LogP contribution in [0, 0.1) is 5.92 Å². The Morgan fingerprint density at radius 1 is 1.00 bits per heavy atom. The zero-order chi connectivity index (χ0) is 23.4. The Bertz CT molecular complexity index is 1070. The first-order chi connectivity index (χ1) is 15.1. The van der Waals surface area contributed by atoms with Gasteiger partial charge in [-0.05, 0) is 43.2 Å². The number of piperidine rings is 1. The number of nitrogens with zero attached hydrogens (tertiary/aromatic N) is 1. The van der Waals surface area contributed by atoms with Crippen molar-refractivity contribution in [1.82, 2.24) is 9.62 Å². The van der Waals surface area contributed by atoms with E-state index in [0.29, 0.717) is 11.8 Å². The van der Waals surface area contributed by atoms with Crippen LogP contribution in [0.2, 0.25) is 0 Å². The van der Waals surface area contributed by atoms with Gasteiger partial charge in [-0.1, -0.05) is 24.3 Å². The van der Waals surface area contributed by atoms with Crippen molar-refractivity contribution < 1.29 is 31.2 Å². The van der Waals surface area contributed by atoms with Crippen LogP contribution < -0.4 is 10.6 Å². The maximum absolute atomic E-state index is 12.9. The molecular weight excluding hydrogens is 447 g/mol. The molecule has 172 valence electrons. The average molecular weight is 469 g/mol. The molecule has 2 aromatic rings. The number of anilines is 1. The maximum Gasteiger partial charge on any atom is 0.416 e. The van der Waals surface area contributed by atoms with Crippen LogP contribution in [-0.2, 0) is 25.8 Å². The molecule has 3 rings (SSSR count). The number of halogens is 3. The van der Waals surface area contributed by atoms with E-state index in [1.165, 1.54) is 0 Å². The van der Waals surface area contributed by atoms with Crippen molar-refractivity contribution in [3.05, 3.63) is 60.2 Å². The molecule has 0 unspecified atom stereocenters. The van der Waals surface area contributed by atoms with Gasteiger partial charge in [0.25, 0.3) is 0 Å². The molecule has 0 saturated carbocycles. The second-order valence-corrected chi connectivity index (χ2v) is 9.27. The number of hydrogen-bond acceptors (Lipinski definition) is 4. The van der Waals surface area contributed by atoms with Crippen LogP contribution in [0.4, 0.5) is 18.9 Å². The van der Waals surface area contributed by atoms with Gasteiger partial charge in [0.15, 0.2) is 0 Å². The first-order valence-electron chi connectivity index (χ1n) is 9.87. The van der Waals surface area contributed by atoms with Crippen LogP contribution >= 0.6 is 0 Å². The second-order valence-electron chi connectivity index (χ2n) is 7.34.